The zero-order valence-electron chi connectivity index (χ0n) is 8.61. The molecule has 0 bridgehead atoms. The van der Waals surface area contributed by atoms with Crippen LogP contribution in [-0.2, 0) is 4.74 Å². The summed E-state index contributed by atoms with van der Waals surface area (Å²) in [6.07, 6.45) is 0.0424. The molecule has 0 atom stereocenters. The average molecular weight is 194 g/mol. The molecule has 0 heterocycles. The van der Waals surface area contributed by atoms with E-state index >= 15 is 0 Å². The molecule has 14 heavy (non-hydrogen) atoms. The molecule has 0 saturated heterocycles. The van der Waals surface area contributed by atoms with Gasteiger partial charge in [0, 0.05) is 0 Å². The van der Waals surface area contributed by atoms with Gasteiger partial charge in [-0.1, -0.05) is 12.1 Å². The maximum Gasteiger partial charge on any atom is 0.341 e. The summed E-state index contributed by atoms with van der Waals surface area (Å²) in [5.41, 5.74) is 0.462. The second-order valence-electron chi connectivity index (χ2n) is 3.15. The van der Waals surface area contributed by atoms with Gasteiger partial charge in [0.05, 0.1) is 13.2 Å². The van der Waals surface area contributed by atoms with Crippen LogP contribution in [0.4, 0.5) is 0 Å². The lowest BCUT2D eigenvalue weighted by Gasteiger charge is -2.12. The highest BCUT2D eigenvalue weighted by Gasteiger charge is 2.12. The molecule has 0 aliphatic carbocycles. The highest BCUT2D eigenvalue weighted by molar-refractivity contribution is 5.92. The first-order valence-electron chi connectivity index (χ1n) is 4.49. The molecule has 0 aliphatic heterocycles. The number of methoxy groups -OCH3 is 1. The zero-order chi connectivity index (χ0) is 10.6. The Morgan fingerprint density at radius 2 is 1.93 bits per heavy atom. The summed E-state index contributed by atoms with van der Waals surface area (Å²) in [4.78, 5) is 11.3. The lowest BCUT2D eigenvalue weighted by molar-refractivity contribution is 0.0594. The van der Waals surface area contributed by atoms with Crippen LogP contribution >= 0.6 is 0 Å². The molecule has 1 rings (SSSR count). The first kappa shape index (κ1) is 10.6. The molecule has 0 N–H and O–H groups in total. The van der Waals surface area contributed by atoms with Crippen molar-refractivity contribution in [2.24, 2.45) is 0 Å². The molecule has 0 radical (unpaired) electrons. The van der Waals surface area contributed by atoms with Crippen molar-refractivity contribution < 1.29 is 14.3 Å². The minimum absolute atomic E-state index is 0.0424. The van der Waals surface area contributed by atoms with Crippen LogP contribution in [0, 0.1) is 0 Å². The summed E-state index contributed by atoms with van der Waals surface area (Å²) < 4.78 is 10.1. The highest BCUT2D eigenvalue weighted by atomic mass is 16.5. The van der Waals surface area contributed by atoms with E-state index in [4.69, 9.17) is 4.74 Å². The number of esters is 1. The van der Waals surface area contributed by atoms with Gasteiger partial charge in [0.15, 0.2) is 0 Å². The second-order valence-corrected chi connectivity index (χ2v) is 3.15. The van der Waals surface area contributed by atoms with E-state index in [9.17, 15) is 4.79 Å². The zero-order valence-corrected chi connectivity index (χ0v) is 8.61. The van der Waals surface area contributed by atoms with Crippen molar-refractivity contribution in [1.29, 1.82) is 0 Å². The van der Waals surface area contributed by atoms with E-state index in [1.165, 1.54) is 7.11 Å². The first-order valence-corrected chi connectivity index (χ1v) is 4.49. The number of rotatable bonds is 3. The van der Waals surface area contributed by atoms with Gasteiger partial charge in [0.1, 0.15) is 11.3 Å². The van der Waals surface area contributed by atoms with E-state index in [1.807, 2.05) is 19.9 Å². The maximum atomic E-state index is 11.3. The molecule has 0 unspecified atom stereocenters. The van der Waals surface area contributed by atoms with E-state index in [1.54, 1.807) is 18.2 Å². The predicted molar refractivity (Wildman–Crippen MR) is 53.5 cm³/mol. The molecule has 1 aromatic carbocycles. The second kappa shape index (κ2) is 4.65. The number of ether oxygens (including phenoxy) is 2. The van der Waals surface area contributed by atoms with Crippen LogP contribution < -0.4 is 4.74 Å². The highest BCUT2D eigenvalue weighted by Crippen LogP contribution is 2.19. The van der Waals surface area contributed by atoms with Gasteiger partial charge in [0.25, 0.3) is 0 Å². The van der Waals surface area contributed by atoms with Crippen LogP contribution in [0.5, 0.6) is 5.75 Å². The quantitative estimate of drug-likeness (QED) is 0.692. The van der Waals surface area contributed by atoms with Crippen molar-refractivity contribution in [3.05, 3.63) is 29.8 Å². The Kier molecular flexibility index (Phi) is 3.51. The smallest absolute Gasteiger partial charge is 0.341 e. The van der Waals surface area contributed by atoms with E-state index in [2.05, 4.69) is 4.74 Å². The SMILES string of the molecule is COC(=O)c1ccccc1OC(C)C. The Labute approximate surface area is 83.6 Å². The van der Waals surface area contributed by atoms with Gasteiger partial charge in [0.2, 0.25) is 0 Å². The molecule has 0 aromatic heterocycles. The maximum absolute atomic E-state index is 11.3. The third-order valence-electron chi connectivity index (χ3n) is 1.66. The fraction of sp³-hybridized carbons (Fsp3) is 0.364. The Balaban J connectivity index is 2.97. The summed E-state index contributed by atoms with van der Waals surface area (Å²) in [6, 6.07) is 7.04. The van der Waals surface area contributed by atoms with Crippen LogP contribution in [0.25, 0.3) is 0 Å². The lowest BCUT2D eigenvalue weighted by Crippen LogP contribution is -2.10. The van der Waals surface area contributed by atoms with Crippen LogP contribution in [-0.4, -0.2) is 19.2 Å². The molecule has 0 saturated carbocycles. The summed E-state index contributed by atoms with van der Waals surface area (Å²) in [6.45, 7) is 3.82. The fourth-order valence-corrected chi connectivity index (χ4v) is 1.10. The van der Waals surface area contributed by atoms with Crippen LogP contribution in [0.3, 0.4) is 0 Å². The third kappa shape index (κ3) is 2.49. The minimum Gasteiger partial charge on any atom is -0.490 e. The number of benzene rings is 1. The topological polar surface area (TPSA) is 35.5 Å². The third-order valence-corrected chi connectivity index (χ3v) is 1.66. The summed E-state index contributed by atoms with van der Waals surface area (Å²) in [5, 5.41) is 0. The van der Waals surface area contributed by atoms with E-state index in [-0.39, 0.29) is 12.1 Å². The van der Waals surface area contributed by atoms with Crippen molar-refractivity contribution in [2.75, 3.05) is 7.11 Å². The molecule has 1 aromatic rings. The van der Waals surface area contributed by atoms with Crippen LogP contribution in [0.1, 0.15) is 24.2 Å². The molecule has 0 amide bonds. The Bertz CT molecular complexity index is 318. The summed E-state index contributed by atoms with van der Waals surface area (Å²) >= 11 is 0. The van der Waals surface area contributed by atoms with Crippen molar-refractivity contribution in [2.45, 2.75) is 20.0 Å². The first-order chi connectivity index (χ1) is 6.65. The molecular weight excluding hydrogens is 180 g/mol. The van der Waals surface area contributed by atoms with E-state index in [0.717, 1.165) is 0 Å². The molecular formula is C11H14O3. The number of hydrogen-bond donors (Lipinski definition) is 0. The molecule has 0 spiro atoms. The Morgan fingerprint density at radius 3 is 2.50 bits per heavy atom. The monoisotopic (exact) mass is 194 g/mol. The standard InChI is InChI=1S/C11H14O3/c1-8(2)14-10-7-5-4-6-9(10)11(12)13-3/h4-8H,1-3H3. The Hall–Kier alpha value is -1.51. The van der Waals surface area contributed by atoms with Gasteiger partial charge in [-0.05, 0) is 26.0 Å². The van der Waals surface area contributed by atoms with Gasteiger partial charge < -0.3 is 9.47 Å². The largest absolute Gasteiger partial charge is 0.490 e. The van der Waals surface area contributed by atoms with E-state index < -0.39 is 0 Å². The number of carbonyl (C=O) groups excluding carboxylic acids is 1. The van der Waals surface area contributed by atoms with Gasteiger partial charge in [-0.3, -0.25) is 0 Å². The van der Waals surface area contributed by atoms with Crippen molar-refractivity contribution in [3.63, 3.8) is 0 Å². The van der Waals surface area contributed by atoms with Gasteiger partial charge in [-0.25, -0.2) is 4.79 Å². The molecule has 3 nitrogen and oxygen atoms in total. The van der Waals surface area contributed by atoms with Gasteiger partial charge >= 0.3 is 5.97 Å². The molecule has 0 fully saturated rings. The van der Waals surface area contributed by atoms with Gasteiger partial charge in [-0.2, -0.15) is 0 Å². The minimum atomic E-state index is -0.374. The van der Waals surface area contributed by atoms with E-state index in [0.29, 0.717) is 11.3 Å². The summed E-state index contributed by atoms with van der Waals surface area (Å²) in [5.74, 6) is 0.190. The van der Waals surface area contributed by atoms with Crippen LogP contribution in [0.15, 0.2) is 24.3 Å². The molecule has 0 aliphatic rings. The van der Waals surface area contributed by atoms with Crippen molar-refractivity contribution in [1.82, 2.24) is 0 Å². The number of hydrogen-bond acceptors (Lipinski definition) is 3. The number of para-hydroxylation sites is 1. The van der Waals surface area contributed by atoms with Crippen LogP contribution in [0.2, 0.25) is 0 Å². The Morgan fingerprint density at radius 1 is 1.29 bits per heavy atom. The molecule has 76 valence electrons. The fourth-order valence-electron chi connectivity index (χ4n) is 1.10. The van der Waals surface area contributed by atoms with Gasteiger partial charge in [-0.15, -0.1) is 0 Å². The predicted octanol–water partition coefficient (Wildman–Crippen LogP) is 2.26. The van der Waals surface area contributed by atoms with Crippen molar-refractivity contribution >= 4 is 5.97 Å². The summed E-state index contributed by atoms with van der Waals surface area (Å²) in [7, 11) is 1.36. The average Bonchev–Trinajstić information content (AvgIpc) is 2.16. The normalized spacial score (nSPS) is 10.0. The number of carbonyl (C=O) groups is 1. The lowest BCUT2D eigenvalue weighted by atomic mass is 10.2. The van der Waals surface area contributed by atoms with Crippen molar-refractivity contribution in [3.8, 4) is 5.75 Å². The molecule has 3 heteroatoms.